The second kappa shape index (κ2) is 4.33. The average Bonchev–Trinajstić information content (AvgIpc) is 2.78. The zero-order valence-corrected chi connectivity index (χ0v) is 8.86. The molecule has 5 nitrogen and oxygen atoms in total. The lowest BCUT2D eigenvalue weighted by Gasteiger charge is -1.97. The summed E-state index contributed by atoms with van der Waals surface area (Å²) in [6.45, 7) is -0.0555. The van der Waals surface area contributed by atoms with E-state index in [1.165, 1.54) is 18.4 Å². The van der Waals surface area contributed by atoms with Gasteiger partial charge in [-0.25, -0.2) is 4.98 Å². The van der Waals surface area contributed by atoms with Crippen molar-refractivity contribution in [3.05, 3.63) is 23.2 Å². The van der Waals surface area contributed by atoms with Crippen molar-refractivity contribution >= 4 is 11.3 Å². The second-order valence-electron chi connectivity index (χ2n) is 2.76. The van der Waals surface area contributed by atoms with E-state index in [4.69, 9.17) is 9.84 Å². The zero-order valence-electron chi connectivity index (χ0n) is 8.04. The fraction of sp³-hybridized carbons (Fsp3) is 0.222. The molecular weight excluding hydrogens is 214 g/mol. The van der Waals surface area contributed by atoms with Crippen molar-refractivity contribution in [2.45, 2.75) is 6.61 Å². The van der Waals surface area contributed by atoms with Gasteiger partial charge in [-0.05, 0) is 6.07 Å². The Balaban J connectivity index is 2.28. The number of thiazole rings is 1. The molecule has 2 aromatic rings. The highest BCUT2D eigenvalue weighted by Crippen LogP contribution is 2.21. The molecule has 0 atom stereocenters. The molecule has 2 aromatic heterocycles. The van der Waals surface area contributed by atoms with Crippen LogP contribution in [0.2, 0.25) is 0 Å². The van der Waals surface area contributed by atoms with E-state index < -0.39 is 0 Å². The van der Waals surface area contributed by atoms with E-state index in [-0.39, 0.29) is 6.61 Å². The number of rotatable bonds is 3. The third-order valence-electron chi connectivity index (χ3n) is 1.78. The summed E-state index contributed by atoms with van der Waals surface area (Å²) in [4.78, 5) is 4.18. The molecule has 0 radical (unpaired) electrons. The number of hydrogen-bond acceptors (Lipinski definition) is 6. The van der Waals surface area contributed by atoms with Crippen LogP contribution in [-0.2, 0) is 6.61 Å². The van der Waals surface area contributed by atoms with Gasteiger partial charge in [0.1, 0.15) is 10.7 Å². The fourth-order valence-corrected chi connectivity index (χ4v) is 1.81. The number of aliphatic hydroxyl groups excluding tert-OH is 1. The van der Waals surface area contributed by atoms with Crippen molar-refractivity contribution in [1.29, 1.82) is 0 Å². The molecule has 0 aromatic carbocycles. The van der Waals surface area contributed by atoms with E-state index in [1.54, 1.807) is 17.5 Å². The van der Waals surface area contributed by atoms with Gasteiger partial charge < -0.3 is 9.84 Å². The summed E-state index contributed by atoms with van der Waals surface area (Å²) in [5.41, 5.74) is 1.33. The largest absolute Gasteiger partial charge is 0.480 e. The van der Waals surface area contributed by atoms with Crippen LogP contribution in [-0.4, -0.2) is 27.4 Å². The fourth-order valence-electron chi connectivity index (χ4n) is 1.04. The lowest BCUT2D eigenvalue weighted by Crippen LogP contribution is -1.92. The summed E-state index contributed by atoms with van der Waals surface area (Å²) in [5, 5.41) is 19.2. The number of nitrogens with zero attached hydrogens (tertiary/aromatic N) is 3. The van der Waals surface area contributed by atoms with Crippen molar-refractivity contribution in [3.8, 4) is 16.6 Å². The summed E-state index contributed by atoms with van der Waals surface area (Å²) in [6, 6.07) is 3.51. The van der Waals surface area contributed by atoms with Crippen molar-refractivity contribution in [2.24, 2.45) is 0 Å². The Kier molecular flexibility index (Phi) is 2.89. The molecule has 0 aliphatic carbocycles. The Labute approximate surface area is 90.4 Å². The van der Waals surface area contributed by atoms with E-state index in [1.807, 2.05) is 0 Å². The normalized spacial score (nSPS) is 10.3. The molecule has 2 heterocycles. The molecule has 15 heavy (non-hydrogen) atoms. The first kappa shape index (κ1) is 10.0. The first-order valence-electron chi connectivity index (χ1n) is 4.27. The highest BCUT2D eigenvalue weighted by molar-refractivity contribution is 7.13. The van der Waals surface area contributed by atoms with Crippen molar-refractivity contribution in [2.75, 3.05) is 7.11 Å². The van der Waals surface area contributed by atoms with Crippen LogP contribution in [0.25, 0.3) is 10.7 Å². The molecule has 0 aliphatic rings. The predicted octanol–water partition coefficient (Wildman–Crippen LogP) is 1.10. The lowest BCUT2D eigenvalue weighted by atomic mass is 10.4. The number of aliphatic hydroxyl groups is 1. The van der Waals surface area contributed by atoms with Crippen LogP contribution in [0.4, 0.5) is 0 Å². The molecule has 0 fully saturated rings. The Morgan fingerprint density at radius 3 is 2.80 bits per heavy atom. The Bertz CT molecular complexity index is 441. The number of aromatic nitrogens is 3. The third-order valence-corrected chi connectivity index (χ3v) is 2.70. The van der Waals surface area contributed by atoms with Crippen molar-refractivity contribution in [3.63, 3.8) is 0 Å². The van der Waals surface area contributed by atoms with E-state index in [2.05, 4.69) is 15.2 Å². The van der Waals surface area contributed by atoms with Crippen LogP contribution in [0.3, 0.4) is 0 Å². The minimum atomic E-state index is -0.0555. The predicted molar refractivity (Wildman–Crippen MR) is 55.6 cm³/mol. The van der Waals surface area contributed by atoms with E-state index in [0.717, 1.165) is 5.01 Å². The molecule has 1 N–H and O–H groups in total. The maximum absolute atomic E-state index is 8.87. The molecule has 78 valence electrons. The van der Waals surface area contributed by atoms with Crippen molar-refractivity contribution in [1.82, 2.24) is 15.2 Å². The second-order valence-corrected chi connectivity index (χ2v) is 3.62. The van der Waals surface area contributed by atoms with Crippen LogP contribution in [0.5, 0.6) is 5.88 Å². The standard InChI is InChI=1S/C9H9N3O2S/c1-14-8-3-2-7(11-12-8)9-10-6(4-13)5-15-9/h2-3,5,13H,4H2,1H3. The smallest absolute Gasteiger partial charge is 0.233 e. The van der Waals surface area contributed by atoms with Gasteiger partial charge in [0.05, 0.1) is 19.4 Å². The minimum absolute atomic E-state index is 0.0555. The topological polar surface area (TPSA) is 68.1 Å². The summed E-state index contributed by atoms with van der Waals surface area (Å²) >= 11 is 1.43. The van der Waals surface area contributed by atoms with Crippen molar-refractivity contribution < 1.29 is 9.84 Å². The number of hydrogen-bond donors (Lipinski definition) is 1. The maximum atomic E-state index is 8.87. The van der Waals surface area contributed by atoms with Gasteiger partial charge in [0.15, 0.2) is 0 Å². The van der Waals surface area contributed by atoms with Gasteiger partial charge in [-0.15, -0.1) is 21.5 Å². The van der Waals surface area contributed by atoms with Gasteiger partial charge in [-0.3, -0.25) is 0 Å². The van der Waals surface area contributed by atoms with Crippen LogP contribution >= 0.6 is 11.3 Å². The minimum Gasteiger partial charge on any atom is -0.480 e. The highest BCUT2D eigenvalue weighted by Gasteiger charge is 2.06. The van der Waals surface area contributed by atoms with Gasteiger partial charge in [-0.2, -0.15) is 0 Å². The SMILES string of the molecule is COc1ccc(-c2nc(CO)cs2)nn1. The molecule has 2 rings (SSSR count). The number of ether oxygens (including phenoxy) is 1. The quantitative estimate of drug-likeness (QED) is 0.843. The number of methoxy groups -OCH3 is 1. The van der Waals surface area contributed by atoms with Crippen LogP contribution < -0.4 is 4.74 Å². The first-order chi connectivity index (χ1) is 7.33. The van der Waals surface area contributed by atoms with Crippen LogP contribution in [0.1, 0.15) is 5.69 Å². The van der Waals surface area contributed by atoms with Crippen LogP contribution in [0.15, 0.2) is 17.5 Å². The summed E-state index contributed by atoms with van der Waals surface area (Å²) < 4.78 is 4.90. The summed E-state index contributed by atoms with van der Waals surface area (Å²) in [6.07, 6.45) is 0. The third kappa shape index (κ3) is 2.11. The molecule has 0 unspecified atom stereocenters. The summed E-state index contributed by atoms with van der Waals surface area (Å²) in [5.74, 6) is 0.470. The molecular formula is C9H9N3O2S. The monoisotopic (exact) mass is 223 g/mol. The zero-order chi connectivity index (χ0) is 10.7. The van der Waals surface area contributed by atoms with Crippen LogP contribution in [0, 0.1) is 0 Å². The van der Waals surface area contributed by atoms with Gasteiger partial charge in [-0.1, -0.05) is 0 Å². The molecule has 0 saturated carbocycles. The first-order valence-corrected chi connectivity index (χ1v) is 5.15. The molecule has 0 amide bonds. The van der Waals surface area contributed by atoms with Gasteiger partial charge in [0.2, 0.25) is 5.88 Å². The summed E-state index contributed by atoms with van der Waals surface area (Å²) in [7, 11) is 1.54. The molecule has 0 aliphatic heterocycles. The maximum Gasteiger partial charge on any atom is 0.233 e. The lowest BCUT2D eigenvalue weighted by molar-refractivity contribution is 0.278. The molecule has 0 saturated heterocycles. The van der Waals surface area contributed by atoms with E-state index >= 15 is 0 Å². The molecule has 0 spiro atoms. The molecule has 0 bridgehead atoms. The average molecular weight is 223 g/mol. The van der Waals surface area contributed by atoms with E-state index in [9.17, 15) is 0 Å². The van der Waals surface area contributed by atoms with Gasteiger partial charge in [0, 0.05) is 11.4 Å². The van der Waals surface area contributed by atoms with Gasteiger partial charge in [0.25, 0.3) is 0 Å². The highest BCUT2D eigenvalue weighted by atomic mass is 32.1. The van der Waals surface area contributed by atoms with E-state index in [0.29, 0.717) is 17.3 Å². The Hall–Kier alpha value is -1.53. The molecule has 6 heteroatoms. The van der Waals surface area contributed by atoms with Gasteiger partial charge >= 0.3 is 0 Å². The Morgan fingerprint density at radius 2 is 2.27 bits per heavy atom. The Morgan fingerprint density at radius 1 is 1.40 bits per heavy atom.